The minimum absolute atomic E-state index is 0.0362. The lowest BCUT2D eigenvalue weighted by Crippen LogP contribution is -2.37. The molecule has 1 saturated heterocycles. The van der Waals surface area contributed by atoms with Crippen molar-refractivity contribution in [3.8, 4) is 10.7 Å². The van der Waals surface area contributed by atoms with Crippen LogP contribution in [-0.4, -0.2) is 45.1 Å². The number of likely N-dealkylation sites (tertiary alicyclic amines) is 1. The highest BCUT2D eigenvalue weighted by Gasteiger charge is 2.55. The standard InChI is InChI=1S/C17H19N3O4S/c21-14(20-9-11-3-1-7-17(11,10-20)16(22)23)6-5-13-18-15(19-24-13)12-4-2-8-25-12/h2,4,8,11H,1,3,5-7,9-10H2,(H,22,23)/t11-,17+/m0/s1. The second-order valence-corrected chi connectivity index (χ2v) is 7.76. The highest BCUT2D eigenvalue weighted by Crippen LogP contribution is 2.49. The third-order valence-electron chi connectivity index (χ3n) is 5.41. The van der Waals surface area contributed by atoms with Gasteiger partial charge in [0.1, 0.15) is 0 Å². The van der Waals surface area contributed by atoms with Crippen LogP contribution in [0.2, 0.25) is 0 Å². The lowest BCUT2D eigenvalue weighted by atomic mass is 9.81. The molecule has 1 aliphatic carbocycles. The number of carbonyl (C=O) groups is 2. The number of carbonyl (C=O) groups excluding carboxylic acids is 1. The topological polar surface area (TPSA) is 96.5 Å². The molecule has 2 fully saturated rings. The van der Waals surface area contributed by atoms with Gasteiger partial charge in [-0.05, 0) is 30.2 Å². The number of hydrogen-bond donors (Lipinski definition) is 1. The maximum absolute atomic E-state index is 12.5. The van der Waals surface area contributed by atoms with E-state index in [-0.39, 0.29) is 18.2 Å². The predicted octanol–water partition coefficient (Wildman–Crippen LogP) is 2.44. The van der Waals surface area contributed by atoms with Gasteiger partial charge in [-0.25, -0.2) is 0 Å². The minimum Gasteiger partial charge on any atom is -0.481 e. The van der Waals surface area contributed by atoms with E-state index >= 15 is 0 Å². The van der Waals surface area contributed by atoms with Crippen molar-refractivity contribution >= 4 is 23.2 Å². The molecule has 7 nitrogen and oxygen atoms in total. The molecule has 2 aliphatic rings. The number of rotatable bonds is 5. The Labute approximate surface area is 148 Å². The van der Waals surface area contributed by atoms with Crippen LogP contribution in [-0.2, 0) is 16.0 Å². The van der Waals surface area contributed by atoms with Crippen LogP contribution < -0.4 is 0 Å². The molecule has 2 aromatic heterocycles. The van der Waals surface area contributed by atoms with Gasteiger partial charge in [-0.2, -0.15) is 4.98 Å². The Morgan fingerprint density at radius 1 is 1.48 bits per heavy atom. The van der Waals surface area contributed by atoms with Gasteiger partial charge in [0, 0.05) is 25.9 Å². The summed E-state index contributed by atoms with van der Waals surface area (Å²) < 4.78 is 5.21. The van der Waals surface area contributed by atoms with E-state index in [4.69, 9.17) is 4.52 Å². The fraction of sp³-hybridized carbons (Fsp3) is 0.529. The summed E-state index contributed by atoms with van der Waals surface area (Å²) in [6, 6.07) is 3.83. The van der Waals surface area contributed by atoms with Crippen LogP contribution in [0, 0.1) is 11.3 Å². The fourth-order valence-electron chi connectivity index (χ4n) is 4.06. The summed E-state index contributed by atoms with van der Waals surface area (Å²) in [5.41, 5.74) is -0.730. The molecule has 2 atom stereocenters. The molecule has 4 rings (SSSR count). The predicted molar refractivity (Wildman–Crippen MR) is 89.9 cm³/mol. The van der Waals surface area contributed by atoms with Gasteiger partial charge < -0.3 is 14.5 Å². The van der Waals surface area contributed by atoms with Gasteiger partial charge in [0.25, 0.3) is 0 Å². The molecular weight excluding hydrogens is 342 g/mol. The highest BCUT2D eigenvalue weighted by atomic mass is 32.1. The van der Waals surface area contributed by atoms with Crippen molar-refractivity contribution in [3.63, 3.8) is 0 Å². The number of carboxylic acid groups (broad SMARTS) is 1. The van der Waals surface area contributed by atoms with Crippen LogP contribution in [0.15, 0.2) is 22.0 Å². The van der Waals surface area contributed by atoms with E-state index in [9.17, 15) is 14.7 Å². The van der Waals surface area contributed by atoms with E-state index < -0.39 is 11.4 Å². The van der Waals surface area contributed by atoms with Crippen LogP contribution in [0.1, 0.15) is 31.6 Å². The van der Waals surface area contributed by atoms with Crippen LogP contribution in [0.5, 0.6) is 0 Å². The first-order valence-corrected chi connectivity index (χ1v) is 9.34. The molecule has 0 unspecified atom stereocenters. The Bertz CT molecular complexity index is 788. The molecule has 0 spiro atoms. The fourth-order valence-corrected chi connectivity index (χ4v) is 4.71. The molecule has 1 saturated carbocycles. The van der Waals surface area contributed by atoms with E-state index in [1.54, 1.807) is 4.90 Å². The molecule has 0 radical (unpaired) electrons. The summed E-state index contributed by atoms with van der Waals surface area (Å²) in [4.78, 5) is 31.1. The average molecular weight is 361 g/mol. The van der Waals surface area contributed by atoms with Crippen LogP contribution >= 0.6 is 11.3 Å². The number of thiophene rings is 1. The number of carboxylic acids is 1. The van der Waals surface area contributed by atoms with Crippen LogP contribution in [0.25, 0.3) is 10.7 Å². The maximum Gasteiger partial charge on any atom is 0.311 e. The number of hydrogen-bond acceptors (Lipinski definition) is 6. The molecule has 0 bridgehead atoms. The van der Waals surface area contributed by atoms with Gasteiger partial charge in [0.2, 0.25) is 17.6 Å². The molecule has 25 heavy (non-hydrogen) atoms. The van der Waals surface area contributed by atoms with Gasteiger partial charge in [0.05, 0.1) is 10.3 Å². The zero-order valence-electron chi connectivity index (χ0n) is 13.7. The average Bonchev–Trinajstić information content (AvgIpc) is 3.34. The molecule has 3 heterocycles. The molecule has 8 heteroatoms. The van der Waals surface area contributed by atoms with E-state index in [2.05, 4.69) is 10.1 Å². The summed E-state index contributed by atoms with van der Waals surface area (Å²) in [6.07, 6.45) is 3.13. The maximum atomic E-state index is 12.5. The van der Waals surface area contributed by atoms with Crippen molar-refractivity contribution in [3.05, 3.63) is 23.4 Å². The first-order chi connectivity index (χ1) is 12.1. The minimum atomic E-state index is -0.761. The Morgan fingerprint density at radius 2 is 2.36 bits per heavy atom. The quantitative estimate of drug-likeness (QED) is 0.879. The van der Waals surface area contributed by atoms with Crippen molar-refractivity contribution in [1.82, 2.24) is 15.0 Å². The zero-order chi connectivity index (χ0) is 17.4. The van der Waals surface area contributed by atoms with E-state index in [1.165, 1.54) is 11.3 Å². The summed E-state index contributed by atoms with van der Waals surface area (Å²) in [6.45, 7) is 0.880. The first-order valence-electron chi connectivity index (χ1n) is 8.46. The number of amides is 1. The highest BCUT2D eigenvalue weighted by molar-refractivity contribution is 7.13. The van der Waals surface area contributed by atoms with Crippen LogP contribution in [0.4, 0.5) is 0 Å². The van der Waals surface area contributed by atoms with E-state index in [0.717, 1.165) is 17.7 Å². The summed E-state index contributed by atoms with van der Waals surface area (Å²) in [5, 5.41) is 15.5. The van der Waals surface area contributed by atoms with Gasteiger partial charge in [-0.15, -0.1) is 11.3 Å². The third-order valence-corrected chi connectivity index (χ3v) is 6.28. The summed E-state index contributed by atoms with van der Waals surface area (Å²) >= 11 is 1.53. The first kappa shape index (κ1) is 16.3. The molecule has 1 amide bonds. The van der Waals surface area contributed by atoms with Crippen molar-refractivity contribution in [2.75, 3.05) is 13.1 Å². The Morgan fingerprint density at radius 3 is 3.08 bits per heavy atom. The van der Waals surface area contributed by atoms with E-state index in [1.807, 2.05) is 17.5 Å². The number of aromatic nitrogens is 2. The van der Waals surface area contributed by atoms with Gasteiger partial charge in [-0.1, -0.05) is 17.6 Å². The molecular formula is C17H19N3O4S. The lowest BCUT2D eigenvalue weighted by molar-refractivity contribution is -0.149. The lowest BCUT2D eigenvalue weighted by Gasteiger charge is -2.23. The summed E-state index contributed by atoms with van der Waals surface area (Å²) in [5.74, 6) is 0.263. The van der Waals surface area contributed by atoms with Gasteiger partial charge in [-0.3, -0.25) is 9.59 Å². The van der Waals surface area contributed by atoms with Gasteiger partial charge in [0.15, 0.2) is 0 Å². The van der Waals surface area contributed by atoms with E-state index in [0.29, 0.717) is 37.6 Å². The number of nitrogens with zero attached hydrogens (tertiary/aromatic N) is 3. The SMILES string of the molecule is O=C(CCc1nc(-c2cccs2)no1)N1C[C@@H]2CCC[C@@]2(C(=O)O)C1. The zero-order valence-corrected chi connectivity index (χ0v) is 14.5. The Hall–Kier alpha value is -2.22. The van der Waals surface area contributed by atoms with Crippen molar-refractivity contribution in [2.24, 2.45) is 11.3 Å². The van der Waals surface area contributed by atoms with Crippen LogP contribution in [0.3, 0.4) is 0 Å². The second kappa shape index (κ2) is 6.25. The normalized spacial score (nSPS) is 25.3. The second-order valence-electron chi connectivity index (χ2n) is 6.81. The number of aryl methyl sites for hydroxylation is 1. The largest absolute Gasteiger partial charge is 0.481 e. The number of aliphatic carboxylic acids is 1. The number of fused-ring (bicyclic) bond motifs is 1. The van der Waals surface area contributed by atoms with Crippen molar-refractivity contribution < 1.29 is 19.2 Å². The molecule has 2 aromatic rings. The molecule has 0 aromatic carbocycles. The van der Waals surface area contributed by atoms with Crippen molar-refractivity contribution in [2.45, 2.75) is 32.1 Å². The van der Waals surface area contributed by atoms with Gasteiger partial charge >= 0.3 is 5.97 Å². The smallest absolute Gasteiger partial charge is 0.311 e. The monoisotopic (exact) mass is 361 g/mol. The molecule has 132 valence electrons. The van der Waals surface area contributed by atoms with Crippen molar-refractivity contribution in [1.29, 1.82) is 0 Å². The Balaban J connectivity index is 1.36. The summed E-state index contributed by atoms with van der Waals surface area (Å²) in [7, 11) is 0. The Kier molecular flexibility index (Phi) is 4.07. The molecule has 1 aliphatic heterocycles. The third kappa shape index (κ3) is 2.84. The molecule has 1 N–H and O–H groups in total.